The zero-order valence-electron chi connectivity index (χ0n) is 12.2. The molecule has 0 spiro atoms. The van der Waals surface area contributed by atoms with Gasteiger partial charge in [0.1, 0.15) is 11.9 Å². The molecule has 3 heterocycles. The maximum absolute atomic E-state index is 12.0. The third-order valence-corrected chi connectivity index (χ3v) is 4.35. The number of hydrogen-bond acceptors (Lipinski definition) is 4. The van der Waals surface area contributed by atoms with Gasteiger partial charge in [0.15, 0.2) is 0 Å². The predicted octanol–water partition coefficient (Wildman–Crippen LogP) is 1.29. The first-order valence-corrected chi connectivity index (χ1v) is 7.32. The number of urea groups is 1. The Balaban J connectivity index is 1.60. The van der Waals surface area contributed by atoms with Gasteiger partial charge in [0, 0.05) is 45.5 Å². The average Bonchev–Trinajstić information content (AvgIpc) is 2.87. The van der Waals surface area contributed by atoms with Crippen LogP contribution in [0.2, 0.25) is 0 Å². The number of piperidine rings is 1. The Kier molecular flexibility index (Phi) is 3.65. The van der Waals surface area contributed by atoms with Gasteiger partial charge in [-0.2, -0.15) is 5.26 Å². The summed E-state index contributed by atoms with van der Waals surface area (Å²) in [6, 6.07) is 6.28. The lowest BCUT2D eigenvalue weighted by molar-refractivity contribution is 0.173. The normalized spacial score (nSPS) is 20.0. The van der Waals surface area contributed by atoms with Gasteiger partial charge in [-0.05, 0) is 25.0 Å². The lowest BCUT2D eigenvalue weighted by Gasteiger charge is -2.36. The second-order valence-electron chi connectivity index (χ2n) is 5.63. The number of carbonyl (C=O) groups excluding carboxylic acids is 1. The number of aromatic nitrogens is 1. The molecule has 2 saturated heterocycles. The van der Waals surface area contributed by atoms with Crippen molar-refractivity contribution in [2.24, 2.45) is 0 Å². The Hall–Kier alpha value is -2.29. The Morgan fingerprint density at radius 1 is 1.24 bits per heavy atom. The van der Waals surface area contributed by atoms with Gasteiger partial charge in [0.25, 0.3) is 0 Å². The van der Waals surface area contributed by atoms with Gasteiger partial charge in [-0.15, -0.1) is 0 Å². The van der Waals surface area contributed by atoms with Gasteiger partial charge in [0.05, 0.1) is 5.56 Å². The molecule has 2 aliphatic heterocycles. The zero-order valence-corrected chi connectivity index (χ0v) is 12.2. The fourth-order valence-electron chi connectivity index (χ4n) is 3.05. The number of anilines is 1. The topological polar surface area (TPSA) is 63.5 Å². The van der Waals surface area contributed by atoms with Crippen molar-refractivity contribution in [1.82, 2.24) is 14.8 Å². The van der Waals surface area contributed by atoms with Crippen molar-refractivity contribution in [2.45, 2.75) is 18.9 Å². The minimum atomic E-state index is 0.157. The molecule has 1 aromatic heterocycles. The second kappa shape index (κ2) is 5.60. The van der Waals surface area contributed by atoms with E-state index in [2.05, 4.69) is 16.0 Å². The molecule has 6 heteroatoms. The molecule has 0 aromatic carbocycles. The van der Waals surface area contributed by atoms with Crippen molar-refractivity contribution in [3.05, 3.63) is 23.9 Å². The molecule has 2 amide bonds. The van der Waals surface area contributed by atoms with E-state index in [9.17, 15) is 4.79 Å². The van der Waals surface area contributed by atoms with Crippen LogP contribution in [0.5, 0.6) is 0 Å². The molecule has 0 atom stereocenters. The molecule has 3 rings (SSSR count). The smallest absolute Gasteiger partial charge is 0.320 e. The summed E-state index contributed by atoms with van der Waals surface area (Å²) in [5, 5.41) is 8.80. The van der Waals surface area contributed by atoms with Crippen LogP contribution in [0.4, 0.5) is 10.6 Å². The van der Waals surface area contributed by atoms with Crippen molar-refractivity contribution in [2.75, 3.05) is 38.1 Å². The van der Waals surface area contributed by atoms with E-state index in [1.165, 1.54) is 0 Å². The Morgan fingerprint density at radius 3 is 2.52 bits per heavy atom. The minimum absolute atomic E-state index is 0.157. The van der Waals surface area contributed by atoms with Crippen LogP contribution in [0.15, 0.2) is 18.3 Å². The number of likely N-dealkylation sites (N-methyl/N-ethyl adjacent to an activating group) is 1. The predicted molar refractivity (Wildman–Crippen MR) is 78.9 cm³/mol. The van der Waals surface area contributed by atoms with Crippen molar-refractivity contribution < 1.29 is 4.79 Å². The summed E-state index contributed by atoms with van der Waals surface area (Å²) in [6.45, 7) is 3.47. The Morgan fingerprint density at radius 2 is 2.00 bits per heavy atom. The van der Waals surface area contributed by atoms with Crippen LogP contribution in [0.25, 0.3) is 0 Å². The monoisotopic (exact) mass is 285 g/mol. The van der Waals surface area contributed by atoms with Crippen LogP contribution in [-0.2, 0) is 0 Å². The van der Waals surface area contributed by atoms with Gasteiger partial charge < -0.3 is 14.7 Å². The van der Waals surface area contributed by atoms with Gasteiger partial charge in [-0.25, -0.2) is 9.78 Å². The number of pyridine rings is 1. The van der Waals surface area contributed by atoms with Crippen molar-refractivity contribution in [3.63, 3.8) is 0 Å². The third-order valence-electron chi connectivity index (χ3n) is 4.35. The first-order chi connectivity index (χ1) is 10.2. The first kappa shape index (κ1) is 13.7. The van der Waals surface area contributed by atoms with E-state index in [4.69, 9.17) is 5.26 Å². The minimum Gasteiger partial charge on any atom is -0.356 e. The van der Waals surface area contributed by atoms with Gasteiger partial charge >= 0.3 is 6.03 Å². The van der Waals surface area contributed by atoms with E-state index in [-0.39, 0.29) is 6.03 Å². The van der Waals surface area contributed by atoms with E-state index in [1.54, 1.807) is 17.2 Å². The highest BCUT2D eigenvalue weighted by molar-refractivity contribution is 5.76. The fourth-order valence-corrected chi connectivity index (χ4v) is 3.05. The number of hydrogen-bond donors (Lipinski definition) is 0. The number of nitriles is 1. The molecule has 0 aliphatic carbocycles. The molecule has 0 bridgehead atoms. The molecule has 6 nitrogen and oxygen atoms in total. The van der Waals surface area contributed by atoms with Crippen LogP contribution in [-0.4, -0.2) is 60.1 Å². The molecule has 2 fully saturated rings. The summed E-state index contributed by atoms with van der Waals surface area (Å²) in [7, 11) is 1.86. The number of amides is 2. The molecule has 110 valence electrons. The molecule has 0 unspecified atom stereocenters. The summed E-state index contributed by atoms with van der Waals surface area (Å²) in [6.07, 6.45) is 3.56. The summed E-state index contributed by atoms with van der Waals surface area (Å²) in [4.78, 5) is 22.4. The maximum Gasteiger partial charge on any atom is 0.320 e. The highest BCUT2D eigenvalue weighted by Gasteiger charge is 2.33. The highest BCUT2D eigenvalue weighted by Crippen LogP contribution is 2.23. The zero-order chi connectivity index (χ0) is 14.8. The second-order valence-corrected chi connectivity index (χ2v) is 5.63. The number of nitrogens with zero attached hydrogens (tertiary/aromatic N) is 5. The molecular weight excluding hydrogens is 266 g/mol. The molecule has 2 aliphatic rings. The third kappa shape index (κ3) is 2.64. The van der Waals surface area contributed by atoms with Crippen LogP contribution >= 0.6 is 0 Å². The number of carbonyl (C=O) groups is 1. The summed E-state index contributed by atoms with van der Waals surface area (Å²) in [5.74, 6) is 0.914. The molecule has 1 aromatic rings. The van der Waals surface area contributed by atoms with E-state index in [0.29, 0.717) is 11.6 Å². The van der Waals surface area contributed by atoms with Crippen LogP contribution in [0, 0.1) is 11.3 Å². The van der Waals surface area contributed by atoms with Gasteiger partial charge in [-0.1, -0.05) is 0 Å². The van der Waals surface area contributed by atoms with Crippen molar-refractivity contribution >= 4 is 11.8 Å². The van der Waals surface area contributed by atoms with Crippen molar-refractivity contribution in [1.29, 1.82) is 5.26 Å². The Bertz CT molecular complexity index is 556. The first-order valence-electron chi connectivity index (χ1n) is 7.32. The quantitative estimate of drug-likeness (QED) is 0.821. The van der Waals surface area contributed by atoms with Gasteiger partial charge in [-0.3, -0.25) is 0 Å². The van der Waals surface area contributed by atoms with Crippen molar-refractivity contribution in [3.8, 4) is 6.07 Å². The lowest BCUT2D eigenvalue weighted by atomic mass is 10.0. The summed E-state index contributed by atoms with van der Waals surface area (Å²) in [5.41, 5.74) is 0.583. The SMILES string of the molecule is CN1CCN(C2CCN(c3ccc(C#N)cn3)CC2)C1=O. The maximum atomic E-state index is 12.0. The fraction of sp³-hybridized carbons (Fsp3) is 0.533. The van der Waals surface area contributed by atoms with E-state index in [0.717, 1.165) is 44.8 Å². The number of rotatable bonds is 2. The molecule has 0 N–H and O–H groups in total. The summed E-state index contributed by atoms with van der Waals surface area (Å²) < 4.78 is 0. The highest BCUT2D eigenvalue weighted by atomic mass is 16.2. The molecule has 21 heavy (non-hydrogen) atoms. The molecule has 0 radical (unpaired) electrons. The molecule has 0 saturated carbocycles. The van der Waals surface area contributed by atoms with Crippen LogP contribution < -0.4 is 4.90 Å². The van der Waals surface area contributed by atoms with Crippen LogP contribution in [0.1, 0.15) is 18.4 Å². The van der Waals surface area contributed by atoms with Crippen LogP contribution in [0.3, 0.4) is 0 Å². The average molecular weight is 285 g/mol. The van der Waals surface area contributed by atoms with E-state index in [1.807, 2.05) is 18.0 Å². The largest absolute Gasteiger partial charge is 0.356 e. The standard InChI is InChI=1S/C15H19N5O/c1-18-8-9-20(15(18)21)13-4-6-19(7-5-13)14-3-2-12(10-16)11-17-14/h2-3,11,13H,4-9H2,1H3. The molecular formula is C15H19N5O. The lowest BCUT2D eigenvalue weighted by Crippen LogP contribution is -2.46. The summed E-state index contributed by atoms with van der Waals surface area (Å²) >= 11 is 0. The van der Waals surface area contributed by atoms with E-state index >= 15 is 0 Å². The Labute approximate surface area is 124 Å². The van der Waals surface area contributed by atoms with Gasteiger partial charge in [0.2, 0.25) is 0 Å². The van der Waals surface area contributed by atoms with E-state index < -0.39 is 0 Å².